The molecule has 0 amide bonds. The highest BCUT2D eigenvalue weighted by Gasteiger charge is 2.03. The van der Waals surface area contributed by atoms with Gasteiger partial charge in [-0.05, 0) is 23.6 Å². The van der Waals surface area contributed by atoms with Crippen molar-refractivity contribution in [2.75, 3.05) is 27.4 Å². The van der Waals surface area contributed by atoms with E-state index >= 15 is 0 Å². The highest BCUT2D eigenvalue weighted by atomic mass is 16.5. The predicted octanol–water partition coefficient (Wildman–Crippen LogP) is 1.42. The van der Waals surface area contributed by atoms with Crippen LogP contribution in [-0.4, -0.2) is 32.5 Å². The standard InChI is InChI=1S/C13H21NO3/c1-10(9-15)7-14-8-11-4-12(16-2)6-13(5-11)17-3/h4-6,10,14-15H,7-9H2,1-3H3. The first kappa shape index (κ1) is 13.8. The molecule has 1 aromatic rings. The van der Waals surface area contributed by atoms with Gasteiger partial charge in [0.05, 0.1) is 14.2 Å². The molecule has 96 valence electrons. The number of nitrogens with one attached hydrogen (secondary N) is 1. The molecule has 17 heavy (non-hydrogen) atoms. The van der Waals surface area contributed by atoms with Crippen molar-refractivity contribution in [3.63, 3.8) is 0 Å². The highest BCUT2D eigenvalue weighted by molar-refractivity contribution is 5.38. The molecule has 1 atom stereocenters. The summed E-state index contributed by atoms with van der Waals surface area (Å²) in [5.74, 6) is 1.84. The van der Waals surface area contributed by atoms with Crippen LogP contribution >= 0.6 is 0 Å². The molecule has 0 aliphatic heterocycles. The zero-order valence-electron chi connectivity index (χ0n) is 10.7. The van der Waals surface area contributed by atoms with Gasteiger partial charge < -0.3 is 19.9 Å². The van der Waals surface area contributed by atoms with E-state index in [1.807, 2.05) is 25.1 Å². The van der Waals surface area contributed by atoms with Crippen LogP contribution in [-0.2, 0) is 6.54 Å². The van der Waals surface area contributed by atoms with Crippen LogP contribution in [0, 0.1) is 5.92 Å². The van der Waals surface area contributed by atoms with Crippen molar-refractivity contribution in [2.24, 2.45) is 5.92 Å². The number of methoxy groups -OCH3 is 2. The van der Waals surface area contributed by atoms with E-state index in [2.05, 4.69) is 5.32 Å². The van der Waals surface area contributed by atoms with Crippen LogP contribution in [0.25, 0.3) is 0 Å². The molecule has 4 heteroatoms. The molecule has 0 radical (unpaired) electrons. The Balaban J connectivity index is 2.57. The average Bonchev–Trinajstić information content (AvgIpc) is 2.37. The lowest BCUT2D eigenvalue weighted by molar-refractivity contribution is 0.233. The summed E-state index contributed by atoms with van der Waals surface area (Å²) in [7, 11) is 3.28. The molecule has 0 bridgehead atoms. The third kappa shape index (κ3) is 4.63. The SMILES string of the molecule is COc1cc(CNCC(C)CO)cc(OC)c1. The topological polar surface area (TPSA) is 50.7 Å². The van der Waals surface area contributed by atoms with Gasteiger partial charge in [-0.3, -0.25) is 0 Å². The Bertz CT molecular complexity index is 319. The van der Waals surface area contributed by atoms with Crippen molar-refractivity contribution < 1.29 is 14.6 Å². The molecule has 0 fully saturated rings. The van der Waals surface area contributed by atoms with Crippen LogP contribution in [0.2, 0.25) is 0 Å². The monoisotopic (exact) mass is 239 g/mol. The third-order valence-corrected chi connectivity index (χ3v) is 2.54. The molecule has 0 saturated heterocycles. The molecular formula is C13H21NO3. The molecule has 0 heterocycles. The van der Waals surface area contributed by atoms with E-state index < -0.39 is 0 Å². The van der Waals surface area contributed by atoms with E-state index in [-0.39, 0.29) is 12.5 Å². The van der Waals surface area contributed by atoms with Crippen molar-refractivity contribution >= 4 is 0 Å². The van der Waals surface area contributed by atoms with Crippen molar-refractivity contribution in [1.82, 2.24) is 5.32 Å². The van der Waals surface area contributed by atoms with Gasteiger partial charge in [-0.2, -0.15) is 0 Å². The maximum atomic E-state index is 8.92. The molecule has 0 saturated carbocycles. The number of aliphatic hydroxyl groups excluding tert-OH is 1. The van der Waals surface area contributed by atoms with Gasteiger partial charge in [0.25, 0.3) is 0 Å². The highest BCUT2D eigenvalue weighted by Crippen LogP contribution is 2.22. The molecular weight excluding hydrogens is 218 g/mol. The Hall–Kier alpha value is -1.26. The average molecular weight is 239 g/mol. The molecule has 0 aliphatic rings. The quantitative estimate of drug-likeness (QED) is 0.755. The summed E-state index contributed by atoms with van der Waals surface area (Å²) in [5, 5.41) is 12.2. The number of rotatable bonds is 7. The number of hydrogen-bond donors (Lipinski definition) is 2. The maximum absolute atomic E-state index is 8.92. The minimum Gasteiger partial charge on any atom is -0.497 e. The second-order valence-corrected chi connectivity index (χ2v) is 4.14. The summed E-state index contributed by atoms with van der Waals surface area (Å²) in [6.45, 7) is 3.72. The van der Waals surface area contributed by atoms with Crippen molar-refractivity contribution in [3.8, 4) is 11.5 Å². The summed E-state index contributed by atoms with van der Waals surface area (Å²) in [5.41, 5.74) is 1.10. The largest absolute Gasteiger partial charge is 0.497 e. The number of hydrogen-bond acceptors (Lipinski definition) is 4. The van der Waals surface area contributed by atoms with Crippen molar-refractivity contribution in [1.29, 1.82) is 0 Å². The predicted molar refractivity (Wildman–Crippen MR) is 67.5 cm³/mol. The molecule has 1 rings (SSSR count). The zero-order chi connectivity index (χ0) is 12.7. The molecule has 1 aromatic carbocycles. The second-order valence-electron chi connectivity index (χ2n) is 4.14. The lowest BCUT2D eigenvalue weighted by Gasteiger charge is -2.11. The van der Waals surface area contributed by atoms with Gasteiger partial charge in [0, 0.05) is 25.8 Å². The van der Waals surface area contributed by atoms with Gasteiger partial charge in [-0.15, -0.1) is 0 Å². The Kier molecular flexibility index (Phi) is 5.80. The minimum absolute atomic E-state index is 0.203. The van der Waals surface area contributed by atoms with Crippen molar-refractivity contribution in [2.45, 2.75) is 13.5 Å². The summed E-state index contributed by atoms with van der Waals surface area (Å²) >= 11 is 0. The molecule has 0 spiro atoms. The Labute approximate surface area is 103 Å². The zero-order valence-corrected chi connectivity index (χ0v) is 10.7. The Morgan fingerprint density at radius 1 is 1.18 bits per heavy atom. The van der Waals surface area contributed by atoms with Crippen LogP contribution in [0.3, 0.4) is 0 Å². The van der Waals surface area contributed by atoms with Crippen LogP contribution in [0.1, 0.15) is 12.5 Å². The fourth-order valence-corrected chi connectivity index (χ4v) is 1.50. The van der Waals surface area contributed by atoms with Gasteiger partial charge in [-0.25, -0.2) is 0 Å². The smallest absolute Gasteiger partial charge is 0.122 e. The number of aliphatic hydroxyl groups is 1. The lowest BCUT2D eigenvalue weighted by atomic mass is 10.1. The molecule has 1 unspecified atom stereocenters. The first-order valence-electron chi connectivity index (χ1n) is 5.73. The Morgan fingerprint density at radius 3 is 2.24 bits per heavy atom. The third-order valence-electron chi connectivity index (χ3n) is 2.54. The Morgan fingerprint density at radius 2 is 1.76 bits per heavy atom. The minimum atomic E-state index is 0.203. The van der Waals surface area contributed by atoms with Crippen LogP contribution in [0.15, 0.2) is 18.2 Å². The summed E-state index contributed by atoms with van der Waals surface area (Å²) in [6.07, 6.45) is 0. The van der Waals surface area contributed by atoms with Gasteiger partial charge in [0.15, 0.2) is 0 Å². The molecule has 0 aliphatic carbocycles. The van der Waals surface area contributed by atoms with Crippen molar-refractivity contribution in [3.05, 3.63) is 23.8 Å². The number of ether oxygens (including phenoxy) is 2. The van der Waals surface area contributed by atoms with Gasteiger partial charge >= 0.3 is 0 Å². The fraction of sp³-hybridized carbons (Fsp3) is 0.538. The first-order chi connectivity index (χ1) is 8.19. The van der Waals surface area contributed by atoms with Crippen LogP contribution < -0.4 is 14.8 Å². The first-order valence-corrected chi connectivity index (χ1v) is 5.73. The second kappa shape index (κ2) is 7.14. The number of benzene rings is 1. The molecule has 2 N–H and O–H groups in total. The summed E-state index contributed by atoms with van der Waals surface area (Å²) in [4.78, 5) is 0. The van der Waals surface area contributed by atoms with E-state index in [0.29, 0.717) is 0 Å². The molecule has 0 aromatic heterocycles. The molecule has 4 nitrogen and oxygen atoms in total. The van der Waals surface area contributed by atoms with E-state index in [0.717, 1.165) is 30.2 Å². The van der Waals surface area contributed by atoms with E-state index in [4.69, 9.17) is 14.6 Å². The van der Waals surface area contributed by atoms with Crippen LogP contribution in [0.5, 0.6) is 11.5 Å². The van der Waals surface area contributed by atoms with E-state index in [1.165, 1.54) is 0 Å². The lowest BCUT2D eigenvalue weighted by Crippen LogP contribution is -2.22. The summed E-state index contributed by atoms with van der Waals surface area (Å²) < 4.78 is 10.4. The summed E-state index contributed by atoms with van der Waals surface area (Å²) in [6, 6.07) is 5.79. The normalized spacial score (nSPS) is 12.2. The van der Waals surface area contributed by atoms with Gasteiger partial charge in [0.1, 0.15) is 11.5 Å². The van der Waals surface area contributed by atoms with Gasteiger partial charge in [-0.1, -0.05) is 6.92 Å². The van der Waals surface area contributed by atoms with E-state index in [1.54, 1.807) is 14.2 Å². The van der Waals surface area contributed by atoms with E-state index in [9.17, 15) is 0 Å². The van der Waals surface area contributed by atoms with Crippen LogP contribution in [0.4, 0.5) is 0 Å². The fourth-order valence-electron chi connectivity index (χ4n) is 1.50. The van der Waals surface area contributed by atoms with Gasteiger partial charge in [0.2, 0.25) is 0 Å². The maximum Gasteiger partial charge on any atom is 0.122 e.